The molecule has 19 heavy (non-hydrogen) atoms. The summed E-state index contributed by atoms with van der Waals surface area (Å²) in [4.78, 5) is 16.0. The van der Waals surface area contributed by atoms with Gasteiger partial charge in [0.2, 0.25) is 5.91 Å². The molecule has 0 radical (unpaired) electrons. The maximum absolute atomic E-state index is 11.8. The molecule has 3 nitrogen and oxygen atoms in total. The predicted molar refractivity (Wildman–Crippen MR) is 77.6 cm³/mol. The van der Waals surface area contributed by atoms with Crippen LogP contribution in [-0.2, 0) is 11.2 Å². The van der Waals surface area contributed by atoms with E-state index in [1.165, 1.54) is 0 Å². The van der Waals surface area contributed by atoms with Crippen LogP contribution in [0.25, 0.3) is 0 Å². The number of pyridine rings is 1. The van der Waals surface area contributed by atoms with Crippen LogP contribution in [0.4, 0.5) is 5.69 Å². The fourth-order valence-corrected chi connectivity index (χ4v) is 2.10. The van der Waals surface area contributed by atoms with Gasteiger partial charge in [-0.25, -0.2) is 0 Å². The van der Waals surface area contributed by atoms with Crippen LogP contribution in [0.2, 0.25) is 10.0 Å². The number of aryl methyl sites for hydroxylation is 1. The smallest absolute Gasteiger partial charge is 0.224 e. The number of hydrogen-bond donors (Lipinski definition) is 1. The SMILES string of the molecule is O=C(CCc1ccccn1)Nc1c(Cl)cccc1Cl. The summed E-state index contributed by atoms with van der Waals surface area (Å²) in [5.74, 6) is -0.138. The van der Waals surface area contributed by atoms with Crippen LogP contribution >= 0.6 is 23.2 Å². The van der Waals surface area contributed by atoms with E-state index < -0.39 is 0 Å². The number of benzene rings is 1. The van der Waals surface area contributed by atoms with Crippen molar-refractivity contribution >= 4 is 34.8 Å². The summed E-state index contributed by atoms with van der Waals surface area (Å²) in [6.07, 6.45) is 2.62. The number of rotatable bonds is 4. The molecule has 98 valence electrons. The Kier molecular flexibility index (Phi) is 4.77. The van der Waals surface area contributed by atoms with Crippen molar-refractivity contribution in [3.63, 3.8) is 0 Å². The number of halogens is 2. The van der Waals surface area contributed by atoms with Gasteiger partial charge in [-0.3, -0.25) is 9.78 Å². The molecule has 0 spiro atoms. The summed E-state index contributed by atoms with van der Waals surface area (Å²) >= 11 is 12.0. The molecule has 0 atom stereocenters. The fourth-order valence-electron chi connectivity index (χ4n) is 1.61. The molecular weight excluding hydrogens is 283 g/mol. The summed E-state index contributed by atoms with van der Waals surface area (Å²) in [6, 6.07) is 10.7. The molecule has 1 heterocycles. The summed E-state index contributed by atoms with van der Waals surface area (Å²) in [6.45, 7) is 0. The van der Waals surface area contributed by atoms with Crippen LogP contribution in [0, 0.1) is 0 Å². The minimum absolute atomic E-state index is 0.138. The highest BCUT2D eigenvalue weighted by atomic mass is 35.5. The van der Waals surface area contributed by atoms with Crippen molar-refractivity contribution in [1.29, 1.82) is 0 Å². The summed E-state index contributed by atoms with van der Waals surface area (Å²) in [5.41, 5.74) is 1.33. The van der Waals surface area contributed by atoms with Crippen LogP contribution in [0.15, 0.2) is 42.6 Å². The molecule has 0 fully saturated rings. The third kappa shape index (κ3) is 3.94. The lowest BCUT2D eigenvalue weighted by molar-refractivity contribution is -0.116. The van der Waals surface area contributed by atoms with Crippen LogP contribution < -0.4 is 5.32 Å². The zero-order valence-electron chi connectivity index (χ0n) is 10.1. The zero-order valence-corrected chi connectivity index (χ0v) is 11.6. The van der Waals surface area contributed by atoms with E-state index in [-0.39, 0.29) is 5.91 Å². The van der Waals surface area contributed by atoms with Gasteiger partial charge in [0.1, 0.15) is 0 Å². The zero-order chi connectivity index (χ0) is 13.7. The van der Waals surface area contributed by atoms with Crippen LogP contribution in [0.5, 0.6) is 0 Å². The monoisotopic (exact) mass is 294 g/mol. The first-order chi connectivity index (χ1) is 9.16. The minimum Gasteiger partial charge on any atom is -0.324 e. The number of carbonyl (C=O) groups is 1. The fraction of sp³-hybridized carbons (Fsp3) is 0.143. The van der Waals surface area contributed by atoms with Gasteiger partial charge in [0.15, 0.2) is 0 Å². The highest BCUT2D eigenvalue weighted by Gasteiger charge is 2.09. The largest absolute Gasteiger partial charge is 0.324 e. The van der Waals surface area contributed by atoms with Gasteiger partial charge >= 0.3 is 0 Å². The van der Waals surface area contributed by atoms with Crippen LogP contribution in [-0.4, -0.2) is 10.9 Å². The minimum atomic E-state index is -0.138. The third-order valence-electron chi connectivity index (χ3n) is 2.56. The van der Waals surface area contributed by atoms with Gasteiger partial charge in [-0.05, 0) is 30.7 Å². The second-order valence-corrected chi connectivity index (χ2v) is 4.78. The quantitative estimate of drug-likeness (QED) is 0.927. The Balaban J connectivity index is 1.95. The van der Waals surface area contributed by atoms with Crippen molar-refractivity contribution in [3.05, 3.63) is 58.3 Å². The second kappa shape index (κ2) is 6.55. The van der Waals surface area contributed by atoms with Gasteiger partial charge in [-0.2, -0.15) is 0 Å². The Hall–Kier alpha value is -1.58. The Morgan fingerprint density at radius 1 is 1.11 bits per heavy atom. The molecular formula is C14H12Cl2N2O. The van der Waals surface area contributed by atoms with E-state index in [4.69, 9.17) is 23.2 Å². The van der Waals surface area contributed by atoms with Crippen molar-refractivity contribution in [1.82, 2.24) is 4.98 Å². The van der Waals surface area contributed by atoms with Gasteiger partial charge in [0, 0.05) is 18.3 Å². The normalized spacial score (nSPS) is 10.2. The van der Waals surface area contributed by atoms with Crippen LogP contribution in [0.3, 0.4) is 0 Å². The van der Waals surface area contributed by atoms with Gasteiger partial charge in [0.25, 0.3) is 0 Å². The maximum Gasteiger partial charge on any atom is 0.224 e. The average molecular weight is 295 g/mol. The standard InChI is InChI=1S/C14H12Cl2N2O/c15-11-5-3-6-12(16)14(11)18-13(19)8-7-10-4-1-2-9-17-10/h1-6,9H,7-8H2,(H,18,19). The van der Waals surface area contributed by atoms with E-state index in [2.05, 4.69) is 10.3 Å². The summed E-state index contributed by atoms with van der Waals surface area (Å²) in [7, 11) is 0. The Bertz CT molecular complexity index is 553. The number of aromatic nitrogens is 1. The number of carbonyl (C=O) groups excluding carboxylic acids is 1. The molecule has 1 aromatic heterocycles. The summed E-state index contributed by atoms with van der Waals surface area (Å²) in [5, 5.41) is 3.58. The first-order valence-corrected chi connectivity index (χ1v) is 6.56. The summed E-state index contributed by atoms with van der Waals surface area (Å²) < 4.78 is 0. The molecule has 0 saturated carbocycles. The lowest BCUT2D eigenvalue weighted by atomic mass is 10.2. The van der Waals surface area contributed by atoms with E-state index in [1.54, 1.807) is 24.4 Å². The molecule has 0 aliphatic rings. The molecule has 1 aromatic carbocycles. The number of nitrogens with one attached hydrogen (secondary N) is 1. The van der Waals surface area contributed by atoms with Crippen molar-refractivity contribution in [3.8, 4) is 0 Å². The maximum atomic E-state index is 11.8. The van der Waals surface area contributed by atoms with Gasteiger partial charge in [-0.1, -0.05) is 35.3 Å². The number of amides is 1. The Morgan fingerprint density at radius 3 is 2.47 bits per heavy atom. The molecule has 5 heteroatoms. The third-order valence-corrected chi connectivity index (χ3v) is 3.19. The first kappa shape index (κ1) is 13.8. The highest BCUT2D eigenvalue weighted by molar-refractivity contribution is 6.39. The number of anilines is 1. The first-order valence-electron chi connectivity index (χ1n) is 5.80. The highest BCUT2D eigenvalue weighted by Crippen LogP contribution is 2.29. The van der Waals surface area contributed by atoms with E-state index in [1.807, 2.05) is 18.2 Å². The number of hydrogen-bond acceptors (Lipinski definition) is 2. The van der Waals surface area contributed by atoms with E-state index in [0.717, 1.165) is 5.69 Å². The molecule has 0 aliphatic carbocycles. The molecule has 0 unspecified atom stereocenters. The Morgan fingerprint density at radius 2 is 1.84 bits per heavy atom. The lowest BCUT2D eigenvalue weighted by Gasteiger charge is -2.08. The molecule has 1 amide bonds. The van der Waals surface area contributed by atoms with Gasteiger partial charge in [-0.15, -0.1) is 0 Å². The van der Waals surface area contributed by atoms with Crippen molar-refractivity contribution in [2.45, 2.75) is 12.8 Å². The van der Waals surface area contributed by atoms with Gasteiger partial charge < -0.3 is 5.32 Å². The van der Waals surface area contributed by atoms with Crippen molar-refractivity contribution in [2.24, 2.45) is 0 Å². The number of para-hydroxylation sites is 1. The second-order valence-electron chi connectivity index (χ2n) is 3.97. The Labute approximate surface area is 121 Å². The topological polar surface area (TPSA) is 42.0 Å². The van der Waals surface area contributed by atoms with E-state index in [0.29, 0.717) is 28.6 Å². The average Bonchev–Trinajstić information content (AvgIpc) is 2.42. The molecule has 2 rings (SSSR count). The number of nitrogens with zero attached hydrogens (tertiary/aromatic N) is 1. The van der Waals surface area contributed by atoms with Gasteiger partial charge in [0.05, 0.1) is 15.7 Å². The van der Waals surface area contributed by atoms with Crippen molar-refractivity contribution in [2.75, 3.05) is 5.32 Å². The molecule has 0 saturated heterocycles. The van der Waals surface area contributed by atoms with E-state index in [9.17, 15) is 4.79 Å². The van der Waals surface area contributed by atoms with Crippen LogP contribution in [0.1, 0.15) is 12.1 Å². The lowest BCUT2D eigenvalue weighted by Crippen LogP contribution is -2.13. The predicted octanol–water partition coefficient (Wildman–Crippen LogP) is 3.96. The van der Waals surface area contributed by atoms with Crippen molar-refractivity contribution < 1.29 is 4.79 Å². The molecule has 0 aliphatic heterocycles. The molecule has 0 bridgehead atoms. The molecule has 1 N–H and O–H groups in total. The van der Waals surface area contributed by atoms with E-state index >= 15 is 0 Å². The molecule has 2 aromatic rings.